The number of hydrogen-bond donors (Lipinski definition) is 3. The number of guanidine groups is 1. The summed E-state index contributed by atoms with van der Waals surface area (Å²) >= 11 is 0. The van der Waals surface area contributed by atoms with Crippen molar-refractivity contribution in [1.82, 2.24) is 10.6 Å². The molecule has 6 nitrogen and oxygen atoms in total. The third kappa shape index (κ3) is 8.42. The van der Waals surface area contributed by atoms with E-state index in [1.165, 1.54) is 31.2 Å². The predicted molar refractivity (Wildman–Crippen MR) is 112 cm³/mol. The topological polar surface area (TPSA) is 88.7 Å². The number of benzene rings is 1. The second-order valence-electron chi connectivity index (χ2n) is 6.04. The molecular formula is C18H29IN4O2. The molecule has 0 unspecified atom stereocenters. The highest BCUT2D eigenvalue weighted by molar-refractivity contribution is 14.0. The minimum absolute atomic E-state index is 0. The first kappa shape index (κ1) is 21.5. The first-order valence-electron chi connectivity index (χ1n) is 8.72. The number of hydrogen-bond acceptors (Lipinski definition) is 3. The highest BCUT2D eigenvalue weighted by Crippen LogP contribution is 2.17. The minimum atomic E-state index is -0.473. The summed E-state index contributed by atoms with van der Waals surface area (Å²) in [6.07, 6.45) is 5.94. The first-order chi connectivity index (χ1) is 11.7. The van der Waals surface area contributed by atoms with Crippen LogP contribution in [0.25, 0.3) is 0 Å². The van der Waals surface area contributed by atoms with Gasteiger partial charge < -0.3 is 21.1 Å². The van der Waals surface area contributed by atoms with Gasteiger partial charge >= 0.3 is 0 Å². The molecule has 1 aliphatic carbocycles. The molecule has 1 amide bonds. The SMILES string of the molecule is CCNC(=NCCc1ccc(OCC(N)=O)cc1)NC1CCCC1.I. The number of nitrogens with two attached hydrogens (primary N) is 1. The van der Waals surface area contributed by atoms with Gasteiger partial charge in [-0.05, 0) is 43.9 Å². The van der Waals surface area contributed by atoms with E-state index in [1.54, 1.807) is 0 Å². The normalized spacial score (nSPS) is 14.7. The number of primary amides is 1. The van der Waals surface area contributed by atoms with Crippen LogP contribution in [0.1, 0.15) is 38.2 Å². The van der Waals surface area contributed by atoms with E-state index in [2.05, 4.69) is 22.5 Å². The zero-order chi connectivity index (χ0) is 17.2. The Bertz CT molecular complexity index is 543. The molecule has 7 heteroatoms. The maximum Gasteiger partial charge on any atom is 0.255 e. The van der Waals surface area contributed by atoms with Crippen molar-refractivity contribution in [2.24, 2.45) is 10.7 Å². The standard InChI is InChI=1S/C18H28N4O2.HI/c1-2-20-18(22-15-5-3-4-6-15)21-12-11-14-7-9-16(10-8-14)24-13-17(19)23;/h7-10,15H,2-6,11-13H2,1H3,(H2,19,23)(H2,20,21,22);1H. The van der Waals surface area contributed by atoms with E-state index in [9.17, 15) is 4.79 Å². The lowest BCUT2D eigenvalue weighted by molar-refractivity contribution is -0.119. The average Bonchev–Trinajstić information content (AvgIpc) is 3.07. The highest BCUT2D eigenvalue weighted by atomic mass is 127. The Kier molecular flexibility index (Phi) is 10.3. The summed E-state index contributed by atoms with van der Waals surface area (Å²) in [5.74, 6) is 1.09. The van der Waals surface area contributed by atoms with E-state index >= 15 is 0 Å². The van der Waals surface area contributed by atoms with E-state index in [-0.39, 0.29) is 30.6 Å². The van der Waals surface area contributed by atoms with E-state index in [1.807, 2.05) is 24.3 Å². The molecule has 0 aromatic heterocycles. The van der Waals surface area contributed by atoms with Crippen LogP contribution in [0.2, 0.25) is 0 Å². The van der Waals surface area contributed by atoms with Crippen LogP contribution in [-0.4, -0.2) is 37.6 Å². The van der Waals surface area contributed by atoms with Crippen LogP contribution in [0, 0.1) is 0 Å². The highest BCUT2D eigenvalue weighted by Gasteiger charge is 2.15. The second kappa shape index (κ2) is 11.9. The van der Waals surface area contributed by atoms with Gasteiger partial charge in [-0.3, -0.25) is 9.79 Å². The van der Waals surface area contributed by atoms with Crippen molar-refractivity contribution in [3.8, 4) is 5.75 Å². The zero-order valence-electron chi connectivity index (χ0n) is 14.8. The Labute approximate surface area is 167 Å². The van der Waals surface area contributed by atoms with Gasteiger partial charge in [0.1, 0.15) is 5.75 Å². The summed E-state index contributed by atoms with van der Waals surface area (Å²) in [7, 11) is 0. The van der Waals surface area contributed by atoms with E-state index < -0.39 is 5.91 Å². The van der Waals surface area contributed by atoms with Gasteiger partial charge in [0, 0.05) is 19.1 Å². The lowest BCUT2D eigenvalue weighted by Crippen LogP contribution is -2.42. The number of ether oxygens (including phenoxy) is 1. The monoisotopic (exact) mass is 460 g/mol. The molecule has 1 fully saturated rings. The summed E-state index contributed by atoms with van der Waals surface area (Å²) in [6.45, 7) is 3.58. The van der Waals surface area contributed by atoms with Gasteiger partial charge in [-0.1, -0.05) is 25.0 Å². The number of nitrogens with one attached hydrogen (secondary N) is 2. The van der Waals surface area contributed by atoms with Gasteiger partial charge in [-0.15, -0.1) is 24.0 Å². The Balaban J connectivity index is 0.00000312. The van der Waals surface area contributed by atoms with Crippen molar-refractivity contribution >= 4 is 35.8 Å². The molecule has 1 aromatic rings. The second-order valence-corrected chi connectivity index (χ2v) is 6.04. The molecule has 0 atom stereocenters. The van der Waals surface area contributed by atoms with Gasteiger partial charge in [0.05, 0.1) is 0 Å². The van der Waals surface area contributed by atoms with E-state index in [0.29, 0.717) is 11.8 Å². The van der Waals surface area contributed by atoms with Crippen LogP contribution in [0.5, 0.6) is 5.75 Å². The number of nitrogens with zero attached hydrogens (tertiary/aromatic N) is 1. The molecular weight excluding hydrogens is 431 g/mol. The van der Waals surface area contributed by atoms with Crippen LogP contribution in [0.3, 0.4) is 0 Å². The maximum atomic E-state index is 10.7. The largest absolute Gasteiger partial charge is 0.484 e. The van der Waals surface area contributed by atoms with Crippen LogP contribution >= 0.6 is 24.0 Å². The number of amides is 1. The average molecular weight is 460 g/mol. The fourth-order valence-electron chi connectivity index (χ4n) is 2.79. The van der Waals surface area contributed by atoms with Crippen molar-refractivity contribution in [3.05, 3.63) is 29.8 Å². The summed E-state index contributed by atoms with van der Waals surface area (Å²) in [4.78, 5) is 15.3. The smallest absolute Gasteiger partial charge is 0.255 e. The van der Waals surface area contributed by atoms with Crippen LogP contribution < -0.4 is 21.1 Å². The Hall–Kier alpha value is -1.51. The summed E-state index contributed by atoms with van der Waals surface area (Å²) in [6, 6.07) is 8.24. The fraction of sp³-hybridized carbons (Fsp3) is 0.556. The molecule has 25 heavy (non-hydrogen) atoms. The fourth-order valence-corrected chi connectivity index (χ4v) is 2.79. The summed E-state index contributed by atoms with van der Waals surface area (Å²) < 4.78 is 5.25. The van der Waals surface area contributed by atoms with Crippen LogP contribution in [-0.2, 0) is 11.2 Å². The molecule has 2 rings (SSSR count). The maximum absolute atomic E-state index is 10.7. The molecule has 4 N–H and O–H groups in total. The molecule has 0 saturated heterocycles. The molecule has 0 spiro atoms. The number of halogens is 1. The third-order valence-electron chi connectivity index (χ3n) is 4.02. The molecule has 140 valence electrons. The van der Waals surface area contributed by atoms with Gasteiger partial charge in [0.15, 0.2) is 12.6 Å². The van der Waals surface area contributed by atoms with Gasteiger partial charge in [0.2, 0.25) is 0 Å². The number of aliphatic imine (C=N–C) groups is 1. The van der Waals surface area contributed by atoms with E-state index in [4.69, 9.17) is 10.5 Å². The Morgan fingerprint density at radius 2 is 1.96 bits per heavy atom. The number of carbonyl (C=O) groups excluding carboxylic acids is 1. The quantitative estimate of drug-likeness (QED) is 0.315. The van der Waals surface area contributed by atoms with Crippen molar-refractivity contribution in [3.63, 3.8) is 0 Å². The van der Waals surface area contributed by atoms with Gasteiger partial charge in [0.25, 0.3) is 5.91 Å². The summed E-state index contributed by atoms with van der Waals surface area (Å²) in [5.41, 5.74) is 6.24. The van der Waals surface area contributed by atoms with Crippen molar-refractivity contribution in [2.45, 2.75) is 45.1 Å². The van der Waals surface area contributed by atoms with Gasteiger partial charge in [-0.25, -0.2) is 0 Å². The van der Waals surface area contributed by atoms with Crippen LogP contribution in [0.4, 0.5) is 0 Å². The molecule has 1 aliphatic rings. The lowest BCUT2D eigenvalue weighted by atomic mass is 10.1. The summed E-state index contributed by atoms with van der Waals surface area (Å²) in [5, 5.41) is 6.82. The zero-order valence-corrected chi connectivity index (χ0v) is 17.1. The molecule has 1 aromatic carbocycles. The van der Waals surface area contributed by atoms with E-state index in [0.717, 1.165) is 25.5 Å². The predicted octanol–water partition coefficient (Wildman–Crippen LogP) is 2.21. The third-order valence-corrected chi connectivity index (χ3v) is 4.02. The van der Waals surface area contributed by atoms with Crippen molar-refractivity contribution < 1.29 is 9.53 Å². The van der Waals surface area contributed by atoms with Crippen molar-refractivity contribution in [2.75, 3.05) is 19.7 Å². The molecule has 0 bridgehead atoms. The first-order valence-corrected chi connectivity index (χ1v) is 8.72. The molecule has 1 saturated carbocycles. The number of carbonyl (C=O) groups is 1. The van der Waals surface area contributed by atoms with Crippen LogP contribution in [0.15, 0.2) is 29.3 Å². The molecule has 0 heterocycles. The number of rotatable bonds is 8. The van der Waals surface area contributed by atoms with Crippen molar-refractivity contribution in [1.29, 1.82) is 0 Å². The molecule has 0 aliphatic heterocycles. The minimum Gasteiger partial charge on any atom is -0.484 e. The lowest BCUT2D eigenvalue weighted by Gasteiger charge is -2.16. The van der Waals surface area contributed by atoms with Gasteiger partial charge in [-0.2, -0.15) is 0 Å². The Morgan fingerprint density at radius 3 is 2.56 bits per heavy atom. The molecule has 0 radical (unpaired) electrons. The Morgan fingerprint density at radius 1 is 1.28 bits per heavy atom.